The lowest BCUT2D eigenvalue weighted by Crippen LogP contribution is -2.06. The van der Waals surface area contributed by atoms with Crippen LogP contribution in [0.3, 0.4) is 0 Å². The van der Waals surface area contributed by atoms with Gasteiger partial charge in [-0.05, 0) is 25.0 Å². The van der Waals surface area contributed by atoms with Crippen molar-refractivity contribution in [1.29, 1.82) is 0 Å². The maximum absolute atomic E-state index is 11.5. The van der Waals surface area contributed by atoms with Crippen molar-refractivity contribution < 1.29 is 9.53 Å². The van der Waals surface area contributed by atoms with E-state index in [0.29, 0.717) is 17.2 Å². The number of aryl methyl sites for hydroxylation is 1. The number of carbonyl (C=O) groups is 1. The Hall–Kier alpha value is -0.540. The van der Waals surface area contributed by atoms with Crippen LogP contribution in [0.2, 0.25) is 5.02 Å². The second kappa shape index (κ2) is 6.13. The fourth-order valence-corrected chi connectivity index (χ4v) is 1.97. The summed E-state index contributed by atoms with van der Waals surface area (Å²) in [6.45, 7) is 2.13. The van der Waals surface area contributed by atoms with E-state index in [4.69, 9.17) is 16.3 Å². The summed E-state index contributed by atoms with van der Waals surface area (Å²) >= 11 is 9.43. The molecule has 2 nitrogen and oxygen atoms in total. The summed E-state index contributed by atoms with van der Waals surface area (Å²) in [6, 6.07) is 5.40. The van der Waals surface area contributed by atoms with Gasteiger partial charge in [0.2, 0.25) is 0 Å². The fourth-order valence-electron chi connectivity index (χ4n) is 1.24. The van der Waals surface area contributed by atoms with E-state index >= 15 is 0 Å². The topological polar surface area (TPSA) is 26.3 Å². The molecule has 1 aromatic rings. The number of esters is 1. The van der Waals surface area contributed by atoms with E-state index in [1.54, 1.807) is 13.0 Å². The van der Waals surface area contributed by atoms with Gasteiger partial charge >= 0.3 is 5.97 Å². The van der Waals surface area contributed by atoms with Crippen molar-refractivity contribution in [3.05, 3.63) is 34.3 Å². The molecule has 0 N–H and O–H groups in total. The van der Waals surface area contributed by atoms with Crippen LogP contribution < -0.4 is 0 Å². The Morgan fingerprint density at radius 1 is 1.53 bits per heavy atom. The summed E-state index contributed by atoms with van der Waals surface area (Å²) in [4.78, 5) is 11.5. The number of ether oxygens (including phenoxy) is 1. The first kappa shape index (κ1) is 12.5. The van der Waals surface area contributed by atoms with E-state index in [1.807, 2.05) is 12.1 Å². The molecule has 0 saturated carbocycles. The zero-order chi connectivity index (χ0) is 11.3. The van der Waals surface area contributed by atoms with Crippen molar-refractivity contribution in [3.8, 4) is 0 Å². The largest absolute Gasteiger partial charge is 0.462 e. The van der Waals surface area contributed by atoms with Crippen LogP contribution in [0.5, 0.6) is 0 Å². The van der Waals surface area contributed by atoms with Gasteiger partial charge in [0.05, 0.1) is 17.2 Å². The minimum Gasteiger partial charge on any atom is -0.462 e. The third kappa shape index (κ3) is 3.21. The summed E-state index contributed by atoms with van der Waals surface area (Å²) in [5.41, 5.74) is 1.40. The Morgan fingerprint density at radius 2 is 2.27 bits per heavy atom. The van der Waals surface area contributed by atoms with Crippen molar-refractivity contribution in [3.63, 3.8) is 0 Å². The van der Waals surface area contributed by atoms with Gasteiger partial charge < -0.3 is 4.74 Å². The Kier molecular flexibility index (Phi) is 5.12. The Bertz CT molecular complexity index is 352. The predicted molar refractivity (Wildman–Crippen MR) is 64.9 cm³/mol. The minimum absolute atomic E-state index is 0.359. The molecule has 82 valence electrons. The number of hydrogen-bond acceptors (Lipinski definition) is 2. The number of halogens is 2. The predicted octanol–water partition coefficient (Wildman–Crippen LogP) is 3.45. The van der Waals surface area contributed by atoms with Crippen LogP contribution in [0.25, 0.3) is 0 Å². The Balaban J connectivity index is 2.98. The molecule has 0 aliphatic rings. The normalized spacial score (nSPS) is 10.1. The highest BCUT2D eigenvalue weighted by Gasteiger charge is 2.13. The number of carbonyl (C=O) groups excluding carboxylic acids is 1. The van der Waals surface area contributed by atoms with Crippen molar-refractivity contribution in [2.45, 2.75) is 13.3 Å². The highest BCUT2D eigenvalue weighted by atomic mass is 79.9. The van der Waals surface area contributed by atoms with Gasteiger partial charge in [-0.2, -0.15) is 0 Å². The number of hydrogen-bond donors (Lipinski definition) is 0. The average molecular weight is 292 g/mol. The maximum atomic E-state index is 11.5. The highest BCUT2D eigenvalue weighted by Crippen LogP contribution is 2.22. The molecule has 1 aromatic carbocycles. The third-order valence-corrected chi connectivity index (χ3v) is 2.78. The van der Waals surface area contributed by atoms with Gasteiger partial charge in [-0.1, -0.05) is 39.7 Å². The molecule has 0 aliphatic heterocycles. The summed E-state index contributed by atoms with van der Waals surface area (Å²) in [6.07, 6.45) is 0.798. The van der Waals surface area contributed by atoms with Gasteiger partial charge in [0.15, 0.2) is 0 Å². The van der Waals surface area contributed by atoms with Crippen molar-refractivity contribution in [2.75, 3.05) is 11.9 Å². The molecular formula is C11H12BrClO2. The van der Waals surface area contributed by atoms with Crippen LogP contribution >= 0.6 is 27.5 Å². The molecule has 0 heterocycles. The van der Waals surface area contributed by atoms with Crippen LogP contribution in [0.4, 0.5) is 0 Å². The number of benzene rings is 1. The quantitative estimate of drug-likeness (QED) is 0.627. The molecule has 0 fully saturated rings. The van der Waals surface area contributed by atoms with Gasteiger partial charge in [0, 0.05) is 5.33 Å². The lowest BCUT2D eigenvalue weighted by atomic mass is 10.1. The van der Waals surface area contributed by atoms with Crippen LogP contribution in [0.1, 0.15) is 22.8 Å². The lowest BCUT2D eigenvalue weighted by Gasteiger charge is -2.07. The zero-order valence-corrected chi connectivity index (χ0v) is 10.8. The van der Waals surface area contributed by atoms with E-state index in [9.17, 15) is 4.79 Å². The summed E-state index contributed by atoms with van der Waals surface area (Å²) in [7, 11) is 0. The molecular weight excluding hydrogens is 279 g/mol. The molecule has 0 amide bonds. The first-order valence-corrected chi connectivity index (χ1v) is 6.21. The summed E-state index contributed by atoms with van der Waals surface area (Å²) < 4.78 is 4.91. The van der Waals surface area contributed by atoms with Crippen molar-refractivity contribution in [2.24, 2.45) is 0 Å². The summed E-state index contributed by atoms with van der Waals surface area (Å²) in [5.74, 6) is -0.362. The van der Waals surface area contributed by atoms with E-state index in [-0.39, 0.29) is 5.97 Å². The standard InChI is InChI=1S/C11H12BrClO2/c1-2-15-11(14)9-5-3-4-8(6-7-12)10(9)13/h3-5H,2,6-7H2,1H3. The Labute approximate surface area is 103 Å². The zero-order valence-electron chi connectivity index (χ0n) is 8.43. The first-order chi connectivity index (χ1) is 7.20. The van der Waals surface area contributed by atoms with E-state index < -0.39 is 0 Å². The molecule has 0 radical (unpaired) electrons. The molecule has 0 unspecified atom stereocenters. The van der Waals surface area contributed by atoms with Crippen LogP contribution in [-0.4, -0.2) is 17.9 Å². The number of alkyl halides is 1. The Morgan fingerprint density at radius 3 is 2.87 bits per heavy atom. The molecule has 0 bridgehead atoms. The SMILES string of the molecule is CCOC(=O)c1cccc(CCBr)c1Cl. The second-order valence-corrected chi connectivity index (χ2v) is 4.11. The monoisotopic (exact) mass is 290 g/mol. The van der Waals surface area contributed by atoms with Crippen molar-refractivity contribution >= 4 is 33.5 Å². The van der Waals surface area contributed by atoms with Crippen LogP contribution in [0, 0.1) is 0 Å². The fraction of sp³-hybridized carbons (Fsp3) is 0.364. The molecule has 0 aliphatic carbocycles. The van der Waals surface area contributed by atoms with E-state index in [0.717, 1.165) is 17.3 Å². The summed E-state index contributed by atoms with van der Waals surface area (Å²) in [5, 5.41) is 1.31. The van der Waals surface area contributed by atoms with Gasteiger partial charge in [-0.15, -0.1) is 0 Å². The van der Waals surface area contributed by atoms with Crippen LogP contribution in [0.15, 0.2) is 18.2 Å². The lowest BCUT2D eigenvalue weighted by molar-refractivity contribution is 0.0526. The molecule has 1 rings (SSSR count). The highest BCUT2D eigenvalue weighted by molar-refractivity contribution is 9.09. The van der Waals surface area contributed by atoms with E-state index in [2.05, 4.69) is 15.9 Å². The molecule has 4 heteroatoms. The van der Waals surface area contributed by atoms with Gasteiger partial charge in [-0.25, -0.2) is 4.79 Å². The first-order valence-electron chi connectivity index (χ1n) is 4.71. The van der Waals surface area contributed by atoms with Gasteiger partial charge in [-0.3, -0.25) is 0 Å². The second-order valence-electron chi connectivity index (χ2n) is 2.94. The molecule has 0 aromatic heterocycles. The van der Waals surface area contributed by atoms with Crippen molar-refractivity contribution in [1.82, 2.24) is 0 Å². The van der Waals surface area contributed by atoms with E-state index in [1.165, 1.54) is 0 Å². The minimum atomic E-state index is -0.362. The molecule has 0 spiro atoms. The molecule has 0 saturated heterocycles. The van der Waals surface area contributed by atoms with Gasteiger partial charge in [0.25, 0.3) is 0 Å². The molecule has 0 atom stereocenters. The molecule has 15 heavy (non-hydrogen) atoms. The van der Waals surface area contributed by atoms with Gasteiger partial charge in [0.1, 0.15) is 0 Å². The average Bonchev–Trinajstić information content (AvgIpc) is 2.22. The smallest absolute Gasteiger partial charge is 0.339 e. The number of rotatable bonds is 4. The maximum Gasteiger partial charge on any atom is 0.339 e. The van der Waals surface area contributed by atoms with Crippen LogP contribution in [-0.2, 0) is 11.2 Å². The third-order valence-electron chi connectivity index (χ3n) is 1.94.